The molecule has 1 aromatic carbocycles. The van der Waals surface area contributed by atoms with Gasteiger partial charge < -0.3 is 5.11 Å². The van der Waals surface area contributed by atoms with E-state index < -0.39 is 11.8 Å². The molecule has 0 heterocycles. The predicted molar refractivity (Wildman–Crippen MR) is 57.3 cm³/mol. The average Bonchev–Trinajstić information content (AvgIpc) is 2.15. The number of rotatable bonds is 3. The topological polar surface area (TPSA) is 37.3 Å². The van der Waals surface area contributed by atoms with Crippen LogP contribution >= 0.6 is 11.6 Å². The van der Waals surface area contributed by atoms with Gasteiger partial charge in [-0.2, -0.15) is 0 Å². The summed E-state index contributed by atoms with van der Waals surface area (Å²) in [5, 5.41) is 8.84. The van der Waals surface area contributed by atoms with Crippen molar-refractivity contribution in [2.45, 2.75) is 13.3 Å². The summed E-state index contributed by atoms with van der Waals surface area (Å²) in [5.74, 6) is -1.61. The van der Waals surface area contributed by atoms with Crippen LogP contribution in [0, 0.1) is 5.82 Å². The summed E-state index contributed by atoms with van der Waals surface area (Å²) >= 11 is 5.81. The van der Waals surface area contributed by atoms with Crippen LogP contribution < -0.4 is 0 Å². The molecule has 0 bridgehead atoms. The summed E-state index contributed by atoms with van der Waals surface area (Å²) in [5.41, 5.74) is 0.551. The highest BCUT2D eigenvalue weighted by atomic mass is 35.5. The van der Waals surface area contributed by atoms with Gasteiger partial charge in [0.2, 0.25) is 0 Å². The third kappa shape index (κ3) is 2.80. The minimum Gasteiger partial charge on any atom is -0.478 e. The number of hydrogen-bond acceptors (Lipinski definition) is 1. The third-order valence-electron chi connectivity index (χ3n) is 1.96. The van der Waals surface area contributed by atoms with E-state index in [1.807, 2.05) is 0 Å². The third-order valence-corrected chi connectivity index (χ3v) is 2.28. The first-order chi connectivity index (χ1) is 7.06. The highest BCUT2D eigenvalue weighted by Crippen LogP contribution is 2.28. The molecule has 1 N–H and O–H groups in total. The molecule has 0 aromatic heterocycles. The van der Waals surface area contributed by atoms with E-state index in [1.54, 1.807) is 6.92 Å². The lowest BCUT2D eigenvalue weighted by Crippen LogP contribution is -1.95. The Labute approximate surface area is 92.0 Å². The molecule has 0 saturated carbocycles. The zero-order valence-electron chi connectivity index (χ0n) is 8.13. The minimum absolute atomic E-state index is 0.170. The number of hydrogen-bond donors (Lipinski definition) is 1. The van der Waals surface area contributed by atoms with Crippen LogP contribution in [0.2, 0.25) is 5.02 Å². The van der Waals surface area contributed by atoms with Gasteiger partial charge in [0, 0.05) is 11.6 Å². The predicted octanol–water partition coefficient (Wildman–Crippen LogP) is 3.36. The van der Waals surface area contributed by atoms with E-state index in [4.69, 9.17) is 16.7 Å². The monoisotopic (exact) mass is 228 g/mol. The van der Waals surface area contributed by atoms with Gasteiger partial charge in [-0.1, -0.05) is 24.6 Å². The normalized spacial score (nSPS) is 11.5. The van der Waals surface area contributed by atoms with E-state index >= 15 is 0 Å². The van der Waals surface area contributed by atoms with Gasteiger partial charge in [-0.3, -0.25) is 0 Å². The number of carboxylic acid groups (broad SMARTS) is 1. The van der Waals surface area contributed by atoms with Gasteiger partial charge in [0.25, 0.3) is 0 Å². The Kier molecular flexibility index (Phi) is 3.86. The van der Waals surface area contributed by atoms with Crippen molar-refractivity contribution < 1.29 is 14.3 Å². The zero-order valence-corrected chi connectivity index (χ0v) is 8.88. The smallest absolute Gasteiger partial charge is 0.328 e. The summed E-state index contributed by atoms with van der Waals surface area (Å²) in [4.78, 5) is 10.5. The molecule has 0 saturated heterocycles. The van der Waals surface area contributed by atoms with Crippen molar-refractivity contribution in [2.75, 3.05) is 0 Å². The number of halogens is 2. The Morgan fingerprint density at radius 3 is 2.73 bits per heavy atom. The van der Waals surface area contributed by atoms with Crippen LogP contribution in [-0.4, -0.2) is 11.1 Å². The van der Waals surface area contributed by atoms with Gasteiger partial charge in [0.15, 0.2) is 0 Å². The lowest BCUT2D eigenvalue weighted by molar-refractivity contribution is -0.131. The molecule has 0 unspecified atom stereocenters. The molecular formula is C11H10ClFO2. The molecular weight excluding hydrogens is 219 g/mol. The molecule has 15 heavy (non-hydrogen) atoms. The van der Waals surface area contributed by atoms with Gasteiger partial charge in [0.1, 0.15) is 5.82 Å². The Morgan fingerprint density at radius 1 is 1.60 bits per heavy atom. The summed E-state index contributed by atoms with van der Waals surface area (Å²) in [7, 11) is 0. The van der Waals surface area contributed by atoms with Crippen LogP contribution in [0.4, 0.5) is 4.39 Å². The number of benzene rings is 1. The highest BCUT2D eigenvalue weighted by molar-refractivity contribution is 6.32. The summed E-state index contributed by atoms with van der Waals surface area (Å²) in [6.07, 6.45) is 1.39. The standard InChI is InChI=1S/C11H10ClFO2/c1-2-7(6-10(14)15)11-8(12)4-3-5-9(11)13/h3-6H,2H2,1H3,(H,14,15)/b7-6+. The fraction of sp³-hybridized carbons (Fsp3) is 0.182. The molecule has 0 amide bonds. The zero-order chi connectivity index (χ0) is 11.4. The molecule has 0 aliphatic heterocycles. The maximum Gasteiger partial charge on any atom is 0.328 e. The number of carbonyl (C=O) groups is 1. The van der Waals surface area contributed by atoms with Crippen molar-refractivity contribution in [3.05, 3.63) is 40.7 Å². The Balaban J connectivity index is 3.30. The molecule has 80 valence electrons. The van der Waals surface area contributed by atoms with Crippen molar-refractivity contribution in [1.29, 1.82) is 0 Å². The van der Waals surface area contributed by atoms with Crippen LogP contribution in [0.25, 0.3) is 5.57 Å². The second-order valence-corrected chi connectivity index (χ2v) is 3.37. The molecule has 1 rings (SSSR count). The molecule has 0 fully saturated rings. The fourth-order valence-electron chi connectivity index (χ4n) is 1.30. The molecule has 0 spiro atoms. The molecule has 0 aliphatic rings. The average molecular weight is 229 g/mol. The lowest BCUT2D eigenvalue weighted by Gasteiger charge is -2.07. The van der Waals surface area contributed by atoms with Crippen LogP contribution in [0.5, 0.6) is 0 Å². The second kappa shape index (κ2) is 4.94. The van der Waals surface area contributed by atoms with E-state index in [0.29, 0.717) is 12.0 Å². The highest BCUT2D eigenvalue weighted by Gasteiger charge is 2.11. The van der Waals surface area contributed by atoms with Crippen LogP contribution in [0.3, 0.4) is 0 Å². The Morgan fingerprint density at radius 2 is 2.27 bits per heavy atom. The number of allylic oxidation sites excluding steroid dienone is 1. The molecule has 2 nitrogen and oxygen atoms in total. The van der Waals surface area contributed by atoms with Crippen molar-refractivity contribution in [3.8, 4) is 0 Å². The van der Waals surface area contributed by atoms with E-state index in [9.17, 15) is 9.18 Å². The summed E-state index contributed by atoms with van der Waals surface area (Å²) < 4.78 is 13.4. The molecule has 1 aromatic rings. The lowest BCUT2D eigenvalue weighted by atomic mass is 10.0. The first kappa shape index (κ1) is 11.7. The molecule has 0 aliphatic carbocycles. The summed E-state index contributed by atoms with van der Waals surface area (Å²) in [6.45, 7) is 1.75. The first-order valence-corrected chi connectivity index (χ1v) is 4.82. The van der Waals surface area contributed by atoms with Gasteiger partial charge in [-0.15, -0.1) is 0 Å². The van der Waals surface area contributed by atoms with Crippen molar-refractivity contribution in [2.24, 2.45) is 0 Å². The number of carboxylic acids is 1. The van der Waals surface area contributed by atoms with Crippen LogP contribution in [-0.2, 0) is 4.79 Å². The van der Waals surface area contributed by atoms with E-state index in [1.165, 1.54) is 18.2 Å². The Hall–Kier alpha value is -1.35. The van der Waals surface area contributed by atoms with Crippen molar-refractivity contribution in [3.63, 3.8) is 0 Å². The molecule has 4 heteroatoms. The largest absolute Gasteiger partial charge is 0.478 e. The quantitative estimate of drug-likeness (QED) is 0.806. The van der Waals surface area contributed by atoms with E-state index in [0.717, 1.165) is 6.08 Å². The minimum atomic E-state index is -1.11. The Bertz CT molecular complexity index is 393. The SMILES string of the molecule is CC/C(=C\C(=O)O)c1c(F)cccc1Cl. The number of aliphatic carboxylic acids is 1. The van der Waals surface area contributed by atoms with Crippen molar-refractivity contribution >= 4 is 23.1 Å². The maximum atomic E-state index is 13.4. The molecule has 0 atom stereocenters. The van der Waals surface area contributed by atoms with Crippen LogP contribution in [0.15, 0.2) is 24.3 Å². The maximum absolute atomic E-state index is 13.4. The van der Waals surface area contributed by atoms with Gasteiger partial charge in [-0.05, 0) is 24.1 Å². The van der Waals surface area contributed by atoms with Crippen molar-refractivity contribution in [1.82, 2.24) is 0 Å². The van der Waals surface area contributed by atoms with Gasteiger partial charge >= 0.3 is 5.97 Å². The van der Waals surface area contributed by atoms with Gasteiger partial charge in [0.05, 0.1) is 5.02 Å². The summed E-state index contributed by atoms with van der Waals surface area (Å²) in [6, 6.07) is 4.27. The first-order valence-electron chi connectivity index (χ1n) is 4.44. The molecule has 0 radical (unpaired) electrons. The second-order valence-electron chi connectivity index (χ2n) is 2.96. The van der Waals surface area contributed by atoms with E-state index in [2.05, 4.69) is 0 Å². The van der Waals surface area contributed by atoms with E-state index in [-0.39, 0.29) is 10.6 Å². The van der Waals surface area contributed by atoms with Crippen LogP contribution in [0.1, 0.15) is 18.9 Å². The van der Waals surface area contributed by atoms with Gasteiger partial charge in [-0.25, -0.2) is 9.18 Å². The fourth-order valence-corrected chi connectivity index (χ4v) is 1.59.